The van der Waals surface area contributed by atoms with Gasteiger partial charge in [-0.1, -0.05) is 12.1 Å². The predicted octanol–water partition coefficient (Wildman–Crippen LogP) is 1.83. The molecule has 29 heavy (non-hydrogen) atoms. The quantitative estimate of drug-likeness (QED) is 0.733. The Morgan fingerprint density at radius 3 is 2.69 bits per heavy atom. The normalized spacial score (nSPS) is 23.3. The Kier molecular flexibility index (Phi) is 7.11. The minimum absolute atomic E-state index is 0.269. The topological polar surface area (TPSA) is 58.1 Å². The zero-order chi connectivity index (χ0) is 19.9. The van der Waals surface area contributed by atoms with Gasteiger partial charge in [0.2, 0.25) is 0 Å². The molecule has 6 nitrogen and oxygen atoms in total. The van der Waals surface area contributed by atoms with Gasteiger partial charge < -0.3 is 14.6 Å². The first-order chi connectivity index (χ1) is 14.3. The standard InChI is InChI=1S/C23H31N3O3/c27-23-18-26(17-21(23)14-19-4-6-24-7-5-19)16-20-2-1-3-22(15-20)29-13-10-25-8-11-28-12-9-25/h1-7,15,21,23,27H,8-14,16-18H2/t21-,23-/m1/s1. The van der Waals surface area contributed by atoms with Crippen LogP contribution in [0.2, 0.25) is 0 Å². The van der Waals surface area contributed by atoms with Gasteiger partial charge in [-0.3, -0.25) is 14.8 Å². The molecule has 2 atom stereocenters. The van der Waals surface area contributed by atoms with E-state index in [1.807, 2.05) is 30.6 Å². The average Bonchev–Trinajstić information content (AvgIpc) is 3.08. The van der Waals surface area contributed by atoms with Crippen molar-refractivity contribution in [1.82, 2.24) is 14.8 Å². The molecule has 0 unspecified atom stereocenters. The first-order valence-electron chi connectivity index (χ1n) is 10.6. The third-order valence-corrected chi connectivity index (χ3v) is 5.81. The van der Waals surface area contributed by atoms with Crippen molar-refractivity contribution in [2.75, 3.05) is 52.5 Å². The lowest BCUT2D eigenvalue weighted by Crippen LogP contribution is -2.38. The number of aliphatic hydroxyl groups is 1. The molecule has 2 aliphatic rings. The molecule has 2 aromatic rings. The lowest BCUT2D eigenvalue weighted by Gasteiger charge is -2.26. The van der Waals surface area contributed by atoms with Crippen molar-refractivity contribution in [2.45, 2.75) is 19.1 Å². The van der Waals surface area contributed by atoms with Gasteiger partial charge >= 0.3 is 0 Å². The van der Waals surface area contributed by atoms with Gasteiger partial charge in [-0.05, 0) is 41.8 Å². The number of benzene rings is 1. The van der Waals surface area contributed by atoms with E-state index in [0.29, 0.717) is 6.61 Å². The molecule has 2 aliphatic heterocycles. The second kappa shape index (κ2) is 10.2. The van der Waals surface area contributed by atoms with Gasteiger partial charge in [-0.25, -0.2) is 0 Å². The summed E-state index contributed by atoms with van der Waals surface area (Å²) < 4.78 is 11.4. The molecule has 0 radical (unpaired) electrons. The Hall–Kier alpha value is -1.99. The van der Waals surface area contributed by atoms with E-state index in [4.69, 9.17) is 9.47 Å². The fourth-order valence-corrected chi connectivity index (χ4v) is 4.20. The number of ether oxygens (including phenoxy) is 2. The fourth-order valence-electron chi connectivity index (χ4n) is 4.20. The molecule has 6 heteroatoms. The van der Waals surface area contributed by atoms with Crippen LogP contribution in [0, 0.1) is 5.92 Å². The Balaban J connectivity index is 1.25. The van der Waals surface area contributed by atoms with Gasteiger partial charge in [0, 0.05) is 57.6 Å². The highest BCUT2D eigenvalue weighted by molar-refractivity contribution is 5.28. The van der Waals surface area contributed by atoms with Gasteiger partial charge in [0.1, 0.15) is 12.4 Å². The summed E-state index contributed by atoms with van der Waals surface area (Å²) in [4.78, 5) is 8.79. The van der Waals surface area contributed by atoms with Crippen LogP contribution >= 0.6 is 0 Å². The third-order valence-electron chi connectivity index (χ3n) is 5.81. The summed E-state index contributed by atoms with van der Waals surface area (Å²) in [6.07, 6.45) is 4.25. The molecule has 0 spiro atoms. The molecular formula is C23H31N3O3. The van der Waals surface area contributed by atoms with Crippen LogP contribution < -0.4 is 4.74 Å². The van der Waals surface area contributed by atoms with Crippen LogP contribution in [-0.4, -0.2) is 78.5 Å². The van der Waals surface area contributed by atoms with E-state index in [9.17, 15) is 5.11 Å². The highest BCUT2D eigenvalue weighted by Gasteiger charge is 2.31. The van der Waals surface area contributed by atoms with Gasteiger partial charge in [-0.2, -0.15) is 0 Å². The highest BCUT2D eigenvalue weighted by Crippen LogP contribution is 2.24. The van der Waals surface area contributed by atoms with E-state index in [0.717, 1.165) is 64.7 Å². The summed E-state index contributed by atoms with van der Waals surface area (Å²) in [6.45, 7) is 7.71. The number of nitrogens with zero attached hydrogens (tertiary/aromatic N) is 3. The monoisotopic (exact) mass is 397 g/mol. The Bertz CT molecular complexity index is 752. The number of pyridine rings is 1. The Labute approximate surface area is 173 Å². The number of morpholine rings is 1. The number of β-amino-alcohol motifs (C(OH)–C–C–N with tert-alkyl or cyclic N) is 1. The highest BCUT2D eigenvalue weighted by atomic mass is 16.5. The van der Waals surface area contributed by atoms with Gasteiger partial charge in [0.05, 0.1) is 19.3 Å². The maximum atomic E-state index is 10.5. The van der Waals surface area contributed by atoms with E-state index in [-0.39, 0.29) is 12.0 Å². The van der Waals surface area contributed by atoms with E-state index in [2.05, 4.69) is 33.0 Å². The summed E-state index contributed by atoms with van der Waals surface area (Å²) in [5, 5.41) is 10.5. The maximum Gasteiger partial charge on any atom is 0.119 e. The van der Waals surface area contributed by atoms with E-state index in [1.54, 1.807) is 0 Å². The second-order valence-electron chi connectivity index (χ2n) is 8.03. The molecule has 2 fully saturated rings. The summed E-state index contributed by atoms with van der Waals surface area (Å²) in [5.41, 5.74) is 2.46. The average molecular weight is 398 g/mol. The van der Waals surface area contributed by atoms with E-state index < -0.39 is 0 Å². The number of rotatable bonds is 8. The zero-order valence-corrected chi connectivity index (χ0v) is 16.9. The summed E-state index contributed by atoms with van der Waals surface area (Å²) in [6, 6.07) is 12.4. The van der Waals surface area contributed by atoms with Gasteiger partial charge in [0.15, 0.2) is 0 Å². The number of likely N-dealkylation sites (tertiary alicyclic amines) is 1. The van der Waals surface area contributed by atoms with Crippen LogP contribution in [0.3, 0.4) is 0 Å². The van der Waals surface area contributed by atoms with Gasteiger partial charge in [0.25, 0.3) is 0 Å². The molecule has 0 bridgehead atoms. The lowest BCUT2D eigenvalue weighted by atomic mass is 9.97. The Morgan fingerprint density at radius 2 is 1.86 bits per heavy atom. The minimum Gasteiger partial charge on any atom is -0.492 e. The molecule has 1 aromatic carbocycles. The van der Waals surface area contributed by atoms with E-state index in [1.165, 1.54) is 11.1 Å². The number of aromatic nitrogens is 1. The number of hydrogen-bond donors (Lipinski definition) is 1. The van der Waals surface area contributed by atoms with Crippen LogP contribution in [0.25, 0.3) is 0 Å². The first kappa shape index (κ1) is 20.3. The van der Waals surface area contributed by atoms with Crippen molar-refractivity contribution in [3.8, 4) is 5.75 Å². The fraction of sp³-hybridized carbons (Fsp3) is 0.522. The molecular weight excluding hydrogens is 366 g/mol. The molecule has 0 aliphatic carbocycles. The SMILES string of the molecule is O[C@@H]1CN(Cc2cccc(OCCN3CCOCC3)c2)C[C@H]1Cc1ccncc1. The summed E-state index contributed by atoms with van der Waals surface area (Å²) in [7, 11) is 0. The zero-order valence-electron chi connectivity index (χ0n) is 16.9. The van der Waals surface area contributed by atoms with Crippen LogP contribution in [0.5, 0.6) is 5.75 Å². The van der Waals surface area contributed by atoms with Crippen molar-refractivity contribution in [3.05, 3.63) is 59.9 Å². The molecule has 1 aromatic heterocycles. The second-order valence-corrected chi connectivity index (χ2v) is 8.03. The van der Waals surface area contributed by atoms with Crippen LogP contribution in [0.4, 0.5) is 0 Å². The molecule has 4 rings (SSSR count). The van der Waals surface area contributed by atoms with Crippen molar-refractivity contribution in [1.29, 1.82) is 0 Å². The third kappa shape index (κ3) is 6.00. The van der Waals surface area contributed by atoms with Crippen LogP contribution in [0.15, 0.2) is 48.8 Å². The van der Waals surface area contributed by atoms with Crippen LogP contribution in [0.1, 0.15) is 11.1 Å². The molecule has 3 heterocycles. The molecule has 1 N–H and O–H groups in total. The predicted molar refractivity (Wildman–Crippen MR) is 112 cm³/mol. The van der Waals surface area contributed by atoms with Gasteiger partial charge in [-0.15, -0.1) is 0 Å². The Morgan fingerprint density at radius 1 is 1.03 bits per heavy atom. The molecule has 2 saturated heterocycles. The van der Waals surface area contributed by atoms with Crippen molar-refractivity contribution < 1.29 is 14.6 Å². The minimum atomic E-state index is -0.281. The molecule has 0 saturated carbocycles. The lowest BCUT2D eigenvalue weighted by molar-refractivity contribution is 0.0322. The summed E-state index contributed by atoms with van der Waals surface area (Å²) in [5.74, 6) is 1.19. The van der Waals surface area contributed by atoms with Crippen molar-refractivity contribution >= 4 is 0 Å². The first-order valence-corrected chi connectivity index (χ1v) is 10.6. The van der Waals surface area contributed by atoms with E-state index >= 15 is 0 Å². The van der Waals surface area contributed by atoms with Crippen LogP contribution in [-0.2, 0) is 17.7 Å². The largest absolute Gasteiger partial charge is 0.492 e. The van der Waals surface area contributed by atoms with Crippen molar-refractivity contribution in [3.63, 3.8) is 0 Å². The number of aliphatic hydroxyl groups excluding tert-OH is 1. The van der Waals surface area contributed by atoms with Crippen molar-refractivity contribution in [2.24, 2.45) is 5.92 Å². The summed E-state index contributed by atoms with van der Waals surface area (Å²) >= 11 is 0. The number of hydrogen-bond acceptors (Lipinski definition) is 6. The smallest absolute Gasteiger partial charge is 0.119 e. The maximum absolute atomic E-state index is 10.5. The molecule has 156 valence electrons. The molecule has 0 amide bonds.